The quantitative estimate of drug-likeness (QED) is 0.0196. The number of unbranched alkanes of at least 4 members (excludes halogenated alkanes) is 26. The maximum absolute atomic E-state index is 13.0. The van der Waals surface area contributed by atoms with Gasteiger partial charge in [0.05, 0.1) is 32.0 Å². The lowest BCUT2D eigenvalue weighted by molar-refractivity contribution is -0.302. The van der Waals surface area contributed by atoms with Crippen molar-refractivity contribution in [3.8, 4) is 0 Å². The van der Waals surface area contributed by atoms with E-state index in [-0.39, 0.29) is 18.5 Å². The number of aliphatic hydroxyl groups is 5. The number of amides is 1. The lowest BCUT2D eigenvalue weighted by Crippen LogP contribution is -2.60. The van der Waals surface area contributed by atoms with Gasteiger partial charge in [-0.1, -0.05) is 191 Å². The van der Waals surface area contributed by atoms with Gasteiger partial charge in [-0.15, -0.1) is 0 Å². The van der Waals surface area contributed by atoms with Crippen LogP contribution >= 0.6 is 0 Å². The monoisotopic (exact) mass is 948 g/mol. The van der Waals surface area contributed by atoms with Gasteiger partial charge in [-0.2, -0.15) is 0 Å². The van der Waals surface area contributed by atoms with E-state index in [9.17, 15) is 35.1 Å². The Balaban J connectivity index is 2.17. The van der Waals surface area contributed by atoms with E-state index in [1.54, 1.807) is 6.08 Å². The van der Waals surface area contributed by atoms with E-state index >= 15 is 0 Å². The molecule has 11 heteroatoms. The van der Waals surface area contributed by atoms with Crippen molar-refractivity contribution >= 4 is 11.9 Å². The van der Waals surface area contributed by atoms with Gasteiger partial charge in [0.15, 0.2) is 6.29 Å². The molecule has 390 valence electrons. The third-order valence-electron chi connectivity index (χ3n) is 12.6. The zero-order valence-electron chi connectivity index (χ0n) is 42.6. The largest absolute Gasteiger partial charge is 0.466 e. The minimum Gasteiger partial charge on any atom is -0.466 e. The second kappa shape index (κ2) is 46.0. The van der Waals surface area contributed by atoms with Crippen LogP contribution in [0.2, 0.25) is 0 Å². The van der Waals surface area contributed by atoms with Crippen LogP contribution in [-0.4, -0.2) is 100 Å². The van der Waals surface area contributed by atoms with Gasteiger partial charge in [0.1, 0.15) is 24.4 Å². The van der Waals surface area contributed by atoms with E-state index in [0.29, 0.717) is 25.9 Å². The van der Waals surface area contributed by atoms with Crippen molar-refractivity contribution in [1.29, 1.82) is 0 Å². The molecule has 0 radical (unpaired) electrons. The SMILES string of the molecule is CCCC/C=C/CC/C=C/CC/C=C/C(O)C(COC1OC(CO)C(O)C(O)C1O)NC(=O)CCCCCCC/C=C\CCCCCCCCCOC(=O)CCCCCCCCCCCCC. The van der Waals surface area contributed by atoms with E-state index < -0.39 is 49.5 Å². The summed E-state index contributed by atoms with van der Waals surface area (Å²) in [4.78, 5) is 25.0. The lowest BCUT2D eigenvalue weighted by atomic mass is 9.99. The number of esters is 1. The summed E-state index contributed by atoms with van der Waals surface area (Å²) >= 11 is 0. The first-order chi connectivity index (χ1) is 32.7. The predicted molar refractivity (Wildman–Crippen MR) is 274 cm³/mol. The standard InChI is InChI=1S/C56H101NO10/c1-3-5-7-9-11-13-15-23-26-30-34-38-42-49(59)48(47-66-56-55(64)54(63)53(62)50(46-58)67-56)57-51(60)43-39-35-31-27-24-20-18-16-17-19-21-25-29-33-37-41-45-65-52(61)44-40-36-32-28-22-14-12-10-8-6-4-2/h9,11,16,18,23,26,38,42,48-50,53-56,58-59,62-64H,3-8,10,12-15,17,19-22,24-25,27-37,39-41,43-47H2,1-2H3,(H,57,60)/b11-9+,18-16-,26-23+,42-38+. The minimum absolute atomic E-state index is 0.0233. The topological polar surface area (TPSA) is 175 Å². The Bertz CT molecular complexity index is 1250. The molecule has 1 saturated heterocycles. The number of carbonyl (C=O) groups excluding carboxylic acids is 2. The van der Waals surface area contributed by atoms with Crippen molar-refractivity contribution in [1.82, 2.24) is 5.32 Å². The van der Waals surface area contributed by atoms with Gasteiger partial charge in [0.2, 0.25) is 5.91 Å². The number of hydrogen-bond donors (Lipinski definition) is 6. The fraction of sp³-hybridized carbons (Fsp3) is 0.821. The molecule has 0 saturated carbocycles. The highest BCUT2D eigenvalue weighted by molar-refractivity contribution is 5.76. The molecule has 67 heavy (non-hydrogen) atoms. The molecule has 11 nitrogen and oxygen atoms in total. The van der Waals surface area contributed by atoms with Crippen molar-refractivity contribution in [3.05, 3.63) is 48.6 Å². The van der Waals surface area contributed by atoms with Crippen LogP contribution in [-0.2, 0) is 23.8 Å². The van der Waals surface area contributed by atoms with Gasteiger partial charge in [0, 0.05) is 12.8 Å². The van der Waals surface area contributed by atoms with Crippen LogP contribution in [0.15, 0.2) is 48.6 Å². The van der Waals surface area contributed by atoms with Crippen LogP contribution in [0.3, 0.4) is 0 Å². The summed E-state index contributed by atoms with van der Waals surface area (Å²) in [7, 11) is 0. The average molecular weight is 948 g/mol. The Hall–Kier alpha value is -2.38. The predicted octanol–water partition coefficient (Wildman–Crippen LogP) is 11.7. The summed E-state index contributed by atoms with van der Waals surface area (Å²) in [6.07, 6.45) is 46.2. The molecule has 0 spiro atoms. The Kier molecular flexibility index (Phi) is 43.0. The highest BCUT2D eigenvalue weighted by atomic mass is 16.7. The molecule has 1 heterocycles. The van der Waals surface area contributed by atoms with E-state index in [1.165, 1.54) is 103 Å². The smallest absolute Gasteiger partial charge is 0.305 e. The number of ether oxygens (including phenoxy) is 3. The Morgan fingerprint density at radius 1 is 0.537 bits per heavy atom. The van der Waals surface area contributed by atoms with E-state index in [2.05, 4.69) is 55.6 Å². The van der Waals surface area contributed by atoms with Gasteiger partial charge in [-0.05, 0) is 77.0 Å². The molecule has 0 aliphatic carbocycles. The molecule has 6 N–H and O–H groups in total. The van der Waals surface area contributed by atoms with E-state index in [1.807, 2.05) is 6.08 Å². The van der Waals surface area contributed by atoms with E-state index in [4.69, 9.17) is 14.2 Å². The second-order valence-corrected chi connectivity index (χ2v) is 18.9. The Morgan fingerprint density at radius 2 is 0.985 bits per heavy atom. The molecule has 0 bridgehead atoms. The number of rotatable bonds is 46. The number of hydrogen-bond acceptors (Lipinski definition) is 10. The van der Waals surface area contributed by atoms with Gasteiger partial charge in [-0.25, -0.2) is 0 Å². The first-order valence-corrected chi connectivity index (χ1v) is 27.4. The number of nitrogens with one attached hydrogen (secondary N) is 1. The first-order valence-electron chi connectivity index (χ1n) is 27.4. The van der Waals surface area contributed by atoms with Crippen LogP contribution in [0.25, 0.3) is 0 Å². The first kappa shape index (κ1) is 62.6. The molecule has 1 aliphatic heterocycles. The summed E-state index contributed by atoms with van der Waals surface area (Å²) in [5.41, 5.74) is 0. The molecule has 1 fully saturated rings. The van der Waals surface area contributed by atoms with Crippen LogP contribution in [0.5, 0.6) is 0 Å². The van der Waals surface area contributed by atoms with Crippen LogP contribution in [0.1, 0.15) is 232 Å². The van der Waals surface area contributed by atoms with Crippen LogP contribution in [0, 0.1) is 0 Å². The normalized spacial score (nSPS) is 19.9. The summed E-state index contributed by atoms with van der Waals surface area (Å²) in [5.74, 6) is -0.239. The van der Waals surface area contributed by atoms with Gasteiger partial charge < -0.3 is 45.1 Å². The molecule has 7 unspecified atom stereocenters. The maximum Gasteiger partial charge on any atom is 0.305 e. The average Bonchev–Trinajstić information content (AvgIpc) is 3.32. The zero-order valence-corrected chi connectivity index (χ0v) is 42.6. The number of allylic oxidation sites excluding steroid dienone is 7. The molecular weight excluding hydrogens is 847 g/mol. The fourth-order valence-electron chi connectivity index (χ4n) is 8.21. The van der Waals surface area contributed by atoms with Crippen LogP contribution in [0.4, 0.5) is 0 Å². The number of aliphatic hydroxyl groups excluding tert-OH is 5. The molecule has 7 atom stereocenters. The molecule has 1 aliphatic rings. The van der Waals surface area contributed by atoms with Crippen molar-refractivity contribution in [3.63, 3.8) is 0 Å². The molecule has 0 aromatic heterocycles. The zero-order chi connectivity index (χ0) is 48.8. The van der Waals surface area contributed by atoms with Crippen molar-refractivity contribution in [2.24, 2.45) is 0 Å². The highest BCUT2D eigenvalue weighted by Gasteiger charge is 2.44. The minimum atomic E-state index is -1.59. The summed E-state index contributed by atoms with van der Waals surface area (Å²) in [6, 6.07) is -0.846. The second-order valence-electron chi connectivity index (χ2n) is 18.9. The lowest BCUT2D eigenvalue weighted by Gasteiger charge is -2.40. The third kappa shape index (κ3) is 36.3. The van der Waals surface area contributed by atoms with Gasteiger partial charge in [-0.3, -0.25) is 9.59 Å². The van der Waals surface area contributed by atoms with Crippen molar-refractivity contribution in [2.45, 2.75) is 275 Å². The summed E-state index contributed by atoms with van der Waals surface area (Å²) < 4.78 is 16.6. The van der Waals surface area contributed by atoms with E-state index in [0.717, 1.165) is 96.3 Å². The van der Waals surface area contributed by atoms with Gasteiger partial charge in [0.25, 0.3) is 0 Å². The molecule has 1 amide bonds. The maximum atomic E-state index is 13.0. The molecule has 0 aromatic rings. The fourth-order valence-corrected chi connectivity index (χ4v) is 8.21. The summed E-state index contributed by atoms with van der Waals surface area (Å²) in [6.45, 7) is 4.22. The van der Waals surface area contributed by atoms with Gasteiger partial charge >= 0.3 is 5.97 Å². The van der Waals surface area contributed by atoms with Crippen LogP contribution < -0.4 is 5.32 Å². The Labute approximate surface area is 408 Å². The van der Waals surface area contributed by atoms with Crippen molar-refractivity contribution < 1.29 is 49.3 Å². The third-order valence-corrected chi connectivity index (χ3v) is 12.6. The van der Waals surface area contributed by atoms with Crippen molar-refractivity contribution in [2.75, 3.05) is 19.8 Å². The molecule has 0 aromatic carbocycles. The summed E-state index contributed by atoms with van der Waals surface area (Å²) in [5, 5.41) is 54.2. The number of carbonyl (C=O) groups is 2. The molecular formula is C56H101NO10. The molecule has 1 rings (SSSR count). The highest BCUT2D eigenvalue weighted by Crippen LogP contribution is 2.23. The Morgan fingerprint density at radius 3 is 1.52 bits per heavy atom.